The number of hydrogen-bond acceptors (Lipinski definition) is 9. The van der Waals surface area contributed by atoms with Crippen LogP contribution in [-0.2, 0) is 4.79 Å². The van der Waals surface area contributed by atoms with E-state index in [1.807, 2.05) is 27.9 Å². The number of carbonyl (C=O) groups excluding carboxylic acids is 1. The lowest BCUT2D eigenvalue weighted by atomic mass is 10.0. The smallest absolute Gasteiger partial charge is 0.304 e. The van der Waals surface area contributed by atoms with Crippen LogP contribution in [0.1, 0.15) is 19.4 Å². The number of fused-ring (bicyclic) bond motifs is 1. The zero-order chi connectivity index (χ0) is 26.7. The van der Waals surface area contributed by atoms with Gasteiger partial charge in [0.15, 0.2) is 17.5 Å². The number of carbonyl (C=O) groups is 1. The van der Waals surface area contributed by atoms with Gasteiger partial charge < -0.3 is 30.7 Å². The molecule has 2 aromatic carbocycles. The van der Waals surface area contributed by atoms with Crippen LogP contribution in [0, 0.1) is 22.7 Å². The topological polar surface area (TPSA) is 173 Å². The highest BCUT2D eigenvalue weighted by atomic mass is 16.5. The molecule has 0 fully saturated rings. The van der Waals surface area contributed by atoms with Crippen molar-refractivity contribution in [2.75, 3.05) is 24.3 Å². The summed E-state index contributed by atoms with van der Waals surface area (Å²) >= 11 is 0. The molecule has 0 aromatic heterocycles. The summed E-state index contributed by atoms with van der Waals surface area (Å²) in [7, 11) is 3.64. The maximum absolute atomic E-state index is 12.7. The minimum Gasteiger partial charge on any atom is -0.437 e. The van der Waals surface area contributed by atoms with Gasteiger partial charge in [0.2, 0.25) is 5.91 Å². The number of nitriles is 1. The lowest BCUT2D eigenvalue weighted by molar-refractivity contribution is -0.122. The molecule has 1 unspecified atom stereocenters. The zero-order valence-corrected chi connectivity index (χ0v) is 20.8. The van der Waals surface area contributed by atoms with Gasteiger partial charge in [0.25, 0.3) is 5.88 Å². The number of nitrogens with one attached hydrogen (secondary N) is 4. The highest BCUT2D eigenvalue weighted by molar-refractivity contribution is 6.14. The molecule has 190 valence electrons. The van der Waals surface area contributed by atoms with Crippen LogP contribution < -0.4 is 36.1 Å². The highest BCUT2D eigenvalue weighted by Crippen LogP contribution is 2.29. The average Bonchev–Trinajstić information content (AvgIpc) is 2.84. The largest absolute Gasteiger partial charge is 0.437 e. The van der Waals surface area contributed by atoms with E-state index < -0.39 is 6.04 Å². The normalized spacial score (nSPS) is 16.4. The number of ether oxygens (including phenoxy) is 2. The van der Waals surface area contributed by atoms with Gasteiger partial charge in [-0.15, -0.1) is 0 Å². The molecule has 2 aliphatic heterocycles. The Morgan fingerprint density at radius 2 is 1.97 bits per heavy atom. The third-order valence-corrected chi connectivity index (χ3v) is 5.44. The quantitative estimate of drug-likeness (QED) is 0.295. The van der Waals surface area contributed by atoms with Crippen LogP contribution in [0.3, 0.4) is 0 Å². The van der Waals surface area contributed by atoms with Gasteiger partial charge in [-0.1, -0.05) is 26.0 Å². The molecule has 0 saturated carbocycles. The third kappa shape index (κ3) is 5.46. The first-order valence-electron chi connectivity index (χ1n) is 11.4. The molecule has 1 atom stereocenters. The van der Waals surface area contributed by atoms with E-state index in [0.717, 1.165) is 0 Å². The summed E-state index contributed by atoms with van der Waals surface area (Å²) < 4.78 is 12.1. The Balaban J connectivity index is 1.75. The second-order valence-corrected chi connectivity index (χ2v) is 8.80. The maximum atomic E-state index is 12.7. The minimum absolute atomic E-state index is 0.0374. The van der Waals surface area contributed by atoms with Gasteiger partial charge >= 0.3 is 6.02 Å². The van der Waals surface area contributed by atoms with E-state index in [0.29, 0.717) is 34.3 Å². The standard InChI is InChI=1S/C25H27N9O3/c1-13(2)19-22(35)31-20-21(30-19)32-25(37-18-8-6-5-7-16(18)29-24(27)28)33-23(20)36-15-10-9-14(12-26)17(11-15)34(3)4/h5-11,13,19H,1-4H3,(H,31,35)(H4,27,28,29)(H,30,32,33). The number of para-hydroxylation sites is 2. The Labute approximate surface area is 214 Å². The molecule has 0 radical (unpaired) electrons. The molecule has 0 aliphatic carbocycles. The average molecular weight is 502 g/mol. The second-order valence-electron chi connectivity index (χ2n) is 8.80. The summed E-state index contributed by atoms with van der Waals surface area (Å²) in [5.74, 6) is 0.546. The van der Waals surface area contributed by atoms with Gasteiger partial charge in [-0.25, -0.2) is 0 Å². The van der Waals surface area contributed by atoms with Crippen LogP contribution in [0.15, 0.2) is 64.0 Å². The van der Waals surface area contributed by atoms with E-state index in [1.54, 1.807) is 47.4 Å². The van der Waals surface area contributed by atoms with Crippen molar-refractivity contribution in [3.05, 3.63) is 59.6 Å². The van der Waals surface area contributed by atoms with Crippen molar-refractivity contribution in [1.82, 2.24) is 10.6 Å². The van der Waals surface area contributed by atoms with Crippen LogP contribution in [0.25, 0.3) is 0 Å². The van der Waals surface area contributed by atoms with Crippen molar-refractivity contribution in [2.45, 2.75) is 19.9 Å². The van der Waals surface area contributed by atoms with Crippen molar-refractivity contribution in [1.29, 1.82) is 10.7 Å². The van der Waals surface area contributed by atoms with Crippen LogP contribution in [0.4, 0.5) is 11.4 Å². The maximum Gasteiger partial charge on any atom is 0.304 e. The van der Waals surface area contributed by atoms with Crippen molar-refractivity contribution in [3.63, 3.8) is 0 Å². The molecule has 2 aromatic rings. The molecule has 2 heterocycles. The van der Waals surface area contributed by atoms with Crippen LogP contribution >= 0.6 is 0 Å². The first-order valence-corrected chi connectivity index (χ1v) is 11.4. The molecule has 12 heteroatoms. The summed E-state index contributed by atoms with van der Waals surface area (Å²) in [5, 5.41) is 25.5. The fourth-order valence-electron chi connectivity index (χ4n) is 3.68. The molecule has 4 rings (SSSR count). The Morgan fingerprint density at radius 3 is 2.65 bits per heavy atom. The lowest BCUT2D eigenvalue weighted by Crippen LogP contribution is -2.51. The lowest BCUT2D eigenvalue weighted by Gasteiger charge is -2.29. The number of nitrogens with zero attached hydrogens (tertiary/aromatic N) is 4. The molecule has 6 N–H and O–H groups in total. The van der Waals surface area contributed by atoms with Crippen molar-refractivity contribution in [3.8, 4) is 17.6 Å². The zero-order valence-electron chi connectivity index (χ0n) is 20.8. The number of hydrogen-bond donors (Lipinski definition) is 5. The number of aliphatic imine (C=N–C) groups is 2. The van der Waals surface area contributed by atoms with E-state index in [1.165, 1.54) is 0 Å². The molecule has 12 nitrogen and oxygen atoms in total. The van der Waals surface area contributed by atoms with Crippen molar-refractivity contribution in [2.24, 2.45) is 21.6 Å². The van der Waals surface area contributed by atoms with Crippen LogP contribution in [-0.4, -0.2) is 43.9 Å². The predicted molar refractivity (Wildman–Crippen MR) is 141 cm³/mol. The number of anilines is 2. The Hall–Kier alpha value is -5.05. The van der Waals surface area contributed by atoms with Crippen molar-refractivity contribution < 1.29 is 14.3 Å². The van der Waals surface area contributed by atoms with E-state index in [9.17, 15) is 10.1 Å². The molecule has 37 heavy (non-hydrogen) atoms. The number of rotatable bonds is 6. The van der Waals surface area contributed by atoms with Crippen molar-refractivity contribution >= 4 is 35.1 Å². The fraction of sp³-hybridized carbons (Fsp3) is 0.240. The van der Waals surface area contributed by atoms with E-state index in [2.05, 4.69) is 32.0 Å². The summed E-state index contributed by atoms with van der Waals surface area (Å²) in [6.07, 6.45) is 0. The number of nitrogens with two attached hydrogens (primary N) is 1. The monoisotopic (exact) mass is 501 g/mol. The SMILES string of the molecule is CC(C)C1N=C2NC(Oc3ccccc3NC(=N)N)=NC(Oc3ccc(C#N)c(N(C)C)c3)=C2NC1=O. The van der Waals surface area contributed by atoms with Gasteiger partial charge in [0, 0.05) is 20.2 Å². The number of amidine groups is 2. The number of benzene rings is 2. The van der Waals surface area contributed by atoms with E-state index in [4.69, 9.17) is 20.6 Å². The van der Waals surface area contributed by atoms with Gasteiger partial charge in [-0.05, 0) is 30.2 Å². The predicted octanol–water partition coefficient (Wildman–Crippen LogP) is 2.07. The van der Waals surface area contributed by atoms with Crippen LogP contribution in [0.2, 0.25) is 0 Å². The fourth-order valence-corrected chi connectivity index (χ4v) is 3.68. The number of guanidine groups is 1. The molecule has 2 aliphatic rings. The van der Waals surface area contributed by atoms with Gasteiger partial charge in [-0.3, -0.25) is 20.5 Å². The Kier molecular flexibility index (Phi) is 6.97. The third-order valence-electron chi connectivity index (χ3n) is 5.44. The summed E-state index contributed by atoms with van der Waals surface area (Å²) in [6, 6.07) is 13.5. The molecule has 0 bridgehead atoms. The Bertz CT molecular complexity index is 1390. The first kappa shape index (κ1) is 25.1. The van der Waals surface area contributed by atoms with Gasteiger partial charge in [0.1, 0.15) is 23.6 Å². The molecule has 0 spiro atoms. The van der Waals surface area contributed by atoms with E-state index in [-0.39, 0.29) is 35.4 Å². The summed E-state index contributed by atoms with van der Waals surface area (Å²) in [5.41, 5.74) is 7.35. The molecular weight excluding hydrogens is 474 g/mol. The molecule has 0 saturated heterocycles. The first-order chi connectivity index (χ1) is 17.7. The van der Waals surface area contributed by atoms with E-state index >= 15 is 0 Å². The molecule has 1 amide bonds. The van der Waals surface area contributed by atoms with Gasteiger partial charge in [-0.2, -0.15) is 10.3 Å². The van der Waals surface area contributed by atoms with Crippen LogP contribution in [0.5, 0.6) is 11.5 Å². The summed E-state index contributed by atoms with van der Waals surface area (Å²) in [6.45, 7) is 3.80. The van der Waals surface area contributed by atoms with Gasteiger partial charge in [0.05, 0.1) is 16.9 Å². The summed E-state index contributed by atoms with van der Waals surface area (Å²) in [4.78, 5) is 23.6. The Morgan fingerprint density at radius 1 is 1.22 bits per heavy atom. The highest BCUT2D eigenvalue weighted by Gasteiger charge is 2.35. The second kappa shape index (κ2) is 10.3. The molecular formula is C25H27N9O3. The number of amides is 1. The minimum atomic E-state index is -0.617.